The summed E-state index contributed by atoms with van der Waals surface area (Å²) in [6.07, 6.45) is 0. The van der Waals surface area contributed by atoms with Gasteiger partial charge in [-0.2, -0.15) is 20.1 Å². The Morgan fingerprint density at radius 2 is 1.15 bits per heavy atom. The Morgan fingerprint density at radius 3 is 1.72 bits per heavy atom. The molecule has 0 radical (unpaired) electrons. The number of rotatable bonds is 7. The van der Waals surface area contributed by atoms with Crippen LogP contribution in [0, 0.1) is 0 Å². The molecule has 0 aliphatic heterocycles. The summed E-state index contributed by atoms with van der Waals surface area (Å²) in [5.41, 5.74) is -0.178. The second-order valence-corrected chi connectivity index (χ2v) is 13.3. The molecule has 222 valence electrons. The molecule has 15 nitrogen and oxygen atoms in total. The standard InChI is InChI=1S/C23H14Cl2N6O9S3.3Na/c24-21-27-22(25)29-23(28-21)26-13-2-1-11-8-17(20(43(38,39)40)9-12(11)7-13)31-30-14-3-4-15-16(10-14)19(42(35,36)37)6-5-18(15)41(32,33)34;;;/h1-10H,(H,32,33,34)(H,35,36,37)(H,38,39,40)(H,26,27,28,29);;;/q;3*+1/p-3. The van der Waals surface area contributed by atoms with Crippen molar-refractivity contribution < 1.29 is 128 Å². The molecule has 4 aromatic carbocycles. The van der Waals surface area contributed by atoms with E-state index in [2.05, 4.69) is 30.5 Å². The van der Waals surface area contributed by atoms with E-state index >= 15 is 0 Å². The molecular weight excluding hydrogens is 740 g/mol. The number of azo groups is 1. The van der Waals surface area contributed by atoms with Gasteiger partial charge in [0.1, 0.15) is 36.0 Å². The maximum absolute atomic E-state index is 12.1. The first-order valence-electron chi connectivity index (χ1n) is 11.3. The summed E-state index contributed by atoms with van der Waals surface area (Å²) in [5, 5.41) is 10.1. The van der Waals surface area contributed by atoms with E-state index < -0.39 is 50.4 Å². The van der Waals surface area contributed by atoms with Gasteiger partial charge in [0.15, 0.2) is 0 Å². The zero-order valence-electron chi connectivity index (χ0n) is 23.7. The second-order valence-electron chi connectivity index (χ2n) is 8.56. The van der Waals surface area contributed by atoms with Crippen LogP contribution in [-0.2, 0) is 30.4 Å². The zero-order valence-corrected chi connectivity index (χ0v) is 33.6. The molecule has 0 spiro atoms. The number of hydrogen-bond donors (Lipinski definition) is 1. The van der Waals surface area contributed by atoms with Gasteiger partial charge >= 0.3 is 88.7 Å². The Hall–Kier alpha value is -0.880. The number of halogens is 2. The number of fused-ring (bicyclic) bond motifs is 2. The van der Waals surface area contributed by atoms with E-state index in [1.165, 1.54) is 12.1 Å². The molecule has 0 saturated carbocycles. The minimum atomic E-state index is -5.12. The second kappa shape index (κ2) is 15.8. The van der Waals surface area contributed by atoms with Crippen molar-refractivity contribution in [2.24, 2.45) is 10.2 Å². The van der Waals surface area contributed by atoms with Crippen molar-refractivity contribution in [2.75, 3.05) is 5.32 Å². The van der Waals surface area contributed by atoms with Gasteiger partial charge < -0.3 is 19.0 Å². The van der Waals surface area contributed by atoms with Gasteiger partial charge in [-0.1, -0.05) is 12.1 Å². The van der Waals surface area contributed by atoms with E-state index in [0.29, 0.717) is 23.2 Å². The molecule has 23 heteroatoms. The molecular formula is C23H11Cl2N6Na3O9S3. The molecule has 0 atom stereocenters. The molecule has 0 bridgehead atoms. The average Bonchev–Trinajstić information content (AvgIpc) is 2.88. The van der Waals surface area contributed by atoms with Gasteiger partial charge in [-0.15, -0.1) is 5.11 Å². The van der Waals surface area contributed by atoms with E-state index in [4.69, 9.17) is 23.2 Å². The van der Waals surface area contributed by atoms with Crippen LogP contribution in [0.4, 0.5) is 23.0 Å². The average molecular weight is 751 g/mol. The molecule has 5 rings (SSSR count). The van der Waals surface area contributed by atoms with Gasteiger partial charge in [-0.05, 0) is 82.5 Å². The summed E-state index contributed by atoms with van der Waals surface area (Å²) in [7, 11) is -15.3. The van der Waals surface area contributed by atoms with Gasteiger partial charge in [-0.25, -0.2) is 25.3 Å². The largest absolute Gasteiger partial charge is 1.00 e. The molecule has 0 saturated heterocycles. The van der Waals surface area contributed by atoms with Crippen molar-refractivity contribution in [1.82, 2.24) is 15.0 Å². The van der Waals surface area contributed by atoms with Gasteiger partial charge in [0.2, 0.25) is 16.5 Å². The molecule has 0 aliphatic rings. The normalized spacial score (nSPS) is 11.9. The van der Waals surface area contributed by atoms with E-state index in [9.17, 15) is 38.9 Å². The Morgan fingerprint density at radius 1 is 0.587 bits per heavy atom. The Labute approximate surface area is 337 Å². The summed E-state index contributed by atoms with van der Waals surface area (Å²) in [4.78, 5) is 9.00. The van der Waals surface area contributed by atoms with E-state index in [1.54, 1.807) is 12.1 Å². The van der Waals surface area contributed by atoms with Gasteiger partial charge in [0.05, 0.1) is 20.4 Å². The Bertz CT molecular complexity index is 2330. The number of aromatic nitrogens is 3. The van der Waals surface area contributed by atoms with E-state index in [0.717, 1.165) is 24.3 Å². The Balaban J connectivity index is 0.00000245. The summed E-state index contributed by atoms with van der Waals surface area (Å²) in [6, 6.07) is 11.4. The first-order chi connectivity index (χ1) is 20.0. The van der Waals surface area contributed by atoms with Gasteiger partial charge in [0.25, 0.3) is 0 Å². The monoisotopic (exact) mass is 750 g/mol. The molecule has 0 aliphatic carbocycles. The van der Waals surface area contributed by atoms with Crippen molar-refractivity contribution in [2.45, 2.75) is 14.7 Å². The third-order valence-electron chi connectivity index (χ3n) is 5.76. The zero-order chi connectivity index (χ0) is 31.3. The van der Waals surface area contributed by atoms with Crippen LogP contribution in [0.15, 0.2) is 85.6 Å². The minimum absolute atomic E-state index is 0. The predicted octanol–water partition coefficient (Wildman–Crippen LogP) is -4.63. The quantitative estimate of drug-likeness (QED) is 0.0935. The van der Waals surface area contributed by atoms with E-state index in [1.807, 2.05) is 0 Å². The number of hydrogen-bond acceptors (Lipinski definition) is 15. The fourth-order valence-corrected chi connectivity index (χ4v) is 6.37. The molecule has 0 fully saturated rings. The van der Waals surface area contributed by atoms with Crippen molar-refractivity contribution in [3.05, 3.63) is 71.2 Å². The topological polar surface area (TPSA) is 247 Å². The molecule has 46 heavy (non-hydrogen) atoms. The van der Waals surface area contributed by atoms with Gasteiger partial charge in [0, 0.05) is 16.5 Å². The summed E-state index contributed by atoms with van der Waals surface area (Å²) >= 11 is 11.5. The number of nitrogens with zero attached hydrogens (tertiary/aromatic N) is 5. The molecule has 1 aromatic heterocycles. The molecule has 0 amide bonds. The molecule has 1 heterocycles. The number of benzene rings is 4. The van der Waals surface area contributed by atoms with Gasteiger partial charge in [-0.3, -0.25) is 0 Å². The van der Waals surface area contributed by atoms with E-state index in [-0.39, 0.29) is 127 Å². The molecule has 5 aromatic rings. The number of nitrogens with one attached hydrogen (secondary N) is 1. The first-order valence-corrected chi connectivity index (χ1v) is 16.3. The Kier molecular flexibility index (Phi) is 14.2. The summed E-state index contributed by atoms with van der Waals surface area (Å²) < 4.78 is 107. The fourth-order valence-electron chi connectivity index (χ4n) is 4.02. The SMILES string of the molecule is O=S(=O)([O-])c1cc2cc(Nc3nc(Cl)nc(Cl)n3)ccc2cc1N=Nc1ccc2c(S(=O)(=O)[O-])ccc(S(=O)(=O)[O-])c2c1.[Na+].[Na+].[Na+]. The third-order valence-corrected chi connectivity index (χ3v) is 8.75. The van der Waals surface area contributed by atoms with Crippen LogP contribution >= 0.6 is 23.2 Å². The predicted molar refractivity (Wildman–Crippen MR) is 149 cm³/mol. The van der Waals surface area contributed by atoms with Crippen LogP contribution in [0.1, 0.15) is 0 Å². The maximum atomic E-state index is 12.1. The van der Waals surface area contributed by atoms with Crippen LogP contribution in [0.5, 0.6) is 0 Å². The molecule has 1 N–H and O–H groups in total. The first kappa shape index (κ1) is 41.3. The van der Waals surface area contributed by atoms with Crippen molar-refractivity contribution >= 4 is 98.1 Å². The van der Waals surface area contributed by atoms with Crippen LogP contribution in [0.25, 0.3) is 21.5 Å². The maximum Gasteiger partial charge on any atom is 1.00 e. The van der Waals surface area contributed by atoms with Crippen LogP contribution in [-0.4, -0.2) is 53.9 Å². The summed E-state index contributed by atoms with van der Waals surface area (Å²) in [5.74, 6) is -0.00488. The fraction of sp³-hybridized carbons (Fsp3) is 0. The minimum Gasteiger partial charge on any atom is -0.744 e. The van der Waals surface area contributed by atoms with Crippen LogP contribution in [0.3, 0.4) is 0 Å². The van der Waals surface area contributed by atoms with Crippen LogP contribution in [0.2, 0.25) is 10.6 Å². The summed E-state index contributed by atoms with van der Waals surface area (Å²) in [6.45, 7) is 0. The third kappa shape index (κ3) is 9.63. The van der Waals surface area contributed by atoms with Crippen molar-refractivity contribution in [3.63, 3.8) is 0 Å². The van der Waals surface area contributed by atoms with Crippen LogP contribution < -0.4 is 94.0 Å². The number of anilines is 2. The van der Waals surface area contributed by atoms with Crippen molar-refractivity contribution in [1.29, 1.82) is 0 Å². The molecule has 0 unspecified atom stereocenters. The smallest absolute Gasteiger partial charge is 0.744 e. The van der Waals surface area contributed by atoms with Crippen molar-refractivity contribution in [3.8, 4) is 0 Å².